The minimum Gasteiger partial charge on any atom is -0.371 e. The quantitative estimate of drug-likeness (QED) is 0.422. The molecule has 0 aromatic carbocycles. The topological polar surface area (TPSA) is 108 Å². The van der Waals surface area contributed by atoms with Crippen LogP contribution in [0.2, 0.25) is 0 Å². The van der Waals surface area contributed by atoms with Crippen molar-refractivity contribution in [2.75, 3.05) is 52.6 Å². The average Bonchev–Trinajstić information content (AvgIpc) is 3.46. The number of quaternary nitrogens is 1. The van der Waals surface area contributed by atoms with Gasteiger partial charge in [0.2, 0.25) is 0 Å². The predicted molar refractivity (Wildman–Crippen MR) is 78.6 cm³/mol. The first kappa shape index (κ1) is 15.6. The minimum atomic E-state index is -0.580. The molecule has 10 nitrogen and oxygen atoms in total. The number of carbonyl (C=O) groups is 3. The van der Waals surface area contributed by atoms with Crippen molar-refractivity contribution < 1.29 is 37.8 Å². The summed E-state index contributed by atoms with van der Waals surface area (Å²) in [5, 5.41) is 0. The van der Waals surface area contributed by atoms with E-state index in [0.717, 1.165) is 9.80 Å². The molecule has 5 fully saturated rings. The lowest BCUT2D eigenvalue weighted by Crippen LogP contribution is -2.75. The minimum absolute atomic E-state index is 0.141. The Hall–Kier alpha value is -1.59. The van der Waals surface area contributed by atoms with Crippen molar-refractivity contribution in [1.82, 2.24) is 9.80 Å². The molecule has 6 amide bonds. The smallest absolute Gasteiger partial charge is 0.371 e. The first-order chi connectivity index (χ1) is 12.1. The van der Waals surface area contributed by atoms with Crippen LogP contribution in [-0.2, 0) is 18.9 Å². The molecule has 5 saturated heterocycles. The van der Waals surface area contributed by atoms with Gasteiger partial charge in [0.15, 0.2) is 0 Å². The number of imide groups is 3. The molecule has 0 aromatic heterocycles. The normalized spacial score (nSPS) is 42.0. The number of nitrogens with zero attached hydrogens (tertiary/aromatic N) is 3. The van der Waals surface area contributed by atoms with Gasteiger partial charge >= 0.3 is 18.1 Å². The maximum atomic E-state index is 13.2. The first-order valence-electron chi connectivity index (χ1n) is 8.58. The summed E-state index contributed by atoms with van der Waals surface area (Å²) in [5.74, 6) is 0. The Labute approximate surface area is 143 Å². The van der Waals surface area contributed by atoms with Crippen molar-refractivity contribution in [3.8, 4) is 0 Å². The second kappa shape index (κ2) is 5.45. The molecule has 136 valence electrons. The van der Waals surface area contributed by atoms with Gasteiger partial charge in [0.05, 0.1) is 51.7 Å². The highest BCUT2D eigenvalue weighted by Gasteiger charge is 2.63. The van der Waals surface area contributed by atoms with Crippen molar-refractivity contribution in [2.24, 2.45) is 0 Å². The van der Waals surface area contributed by atoms with E-state index in [-0.39, 0.29) is 50.6 Å². The average molecular weight is 354 g/mol. The molecule has 4 atom stereocenters. The van der Waals surface area contributed by atoms with Gasteiger partial charge in [-0.25, -0.2) is 24.2 Å². The van der Waals surface area contributed by atoms with Crippen molar-refractivity contribution in [3.05, 3.63) is 0 Å². The molecule has 4 unspecified atom stereocenters. The van der Waals surface area contributed by atoms with Crippen LogP contribution in [0, 0.1) is 0 Å². The largest absolute Gasteiger partial charge is 0.436 e. The lowest BCUT2D eigenvalue weighted by molar-refractivity contribution is -0.779. The van der Waals surface area contributed by atoms with Crippen LogP contribution in [0.4, 0.5) is 14.4 Å². The number of carbonyl (C=O) groups excluding carboxylic acids is 3. The maximum absolute atomic E-state index is 13.2. The number of rotatable bonds is 8. The van der Waals surface area contributed by atoms with Crippen LogP contribution in [0.15, 0.2) is 0 Å². The van der Waals surface area contributed by atoms with Crippen LogP contribution >= 0.6 is 0 Å². The molecular formula is C15H20N3O7+. The first-order valence-corrected chi connectivity index (χ1v) is 8.58. The van der Waals surface area contributed by atoms with E-state index >= 15 is 0 Å². The second-order valence-electron chi connectivity index (χ2n) is 7.22. The third-order valence-corrected chi connectivity index (χ3v) is 5.07. The molecule has 5 aliphatic rings. The van der Waals surface area contributed by atoms with Gasteiger partial charge in [0, 0.05) is 0 Å². The molecule has 0 spiro atoms. The summed E-state index contributed by atoms with van der Waals surface area (Å²) in [6, 6.07) is -1.57. The van der Waals surface area contributed by atoms with Crippen LogP contribution < -0.4 is 0 Å². The fraction of sp³-hybridized carbons (Fsp3) is 0.800. The molecule has 0 radical (unpaired) electrons. The molecule has 25 heavy (non-hydrogen) atoms. The second-order valence-corrected chi connectivity index (χ2v) is 7.22. The van der Waals surface area contributed by atoms with Crippen molar-refractivity contribution in [2.45, 2.75) is 24.4 Å². The molecule has 5 rings (SSSR count). The fourth-order valence-corrected chi connectivity index (χ4v) is 3.35. The Morgan fingerprint density at radius 1 is 0.720 bits per heavy atom. The molecular weight excluding hydrogens is 334 g/mol. The molecule has 0 aromatic rings. The molecule has 0 N–H and O–H groups in total. The van der Waals surface area contributed by atoms with Gasteiger partial charge < -0.3 is 18.9 Å². The van der Waals surface area contributed by atoms with Crippen molar-refractivity contribution in [1.29, 1.82) is 0 Å². The summed E-state index contributed by atoms with van der Waals surface area (Å²) in [6.45, 7) is 2.90. The van der Waals surface area contributed by atoms with E-state index in [4.69, 9.17) is 18.9 Å². The van der Waals surface area contributed by atoms with Gasteiger partial charge in [0.1, 0.15) is 25.3 Å². The van der Waals surface area contributed by atoms with Gasteiger partial charge in [-0.05, 0) is 0 Å². The van der Waals surface area contributed by atoms with E-state index < -0.39 is 22.6 Å². The molecule has 0 saturated carbocycles. The maximum Gasteiger partial charge on any atom is 0.436 e. The Bertz CT molecular complexity index is 573. The van der Waals surface area contributed by atoms with Gasteiger partial charge in [0.25, 0.3) is 0 Å². The van der Waals surface area contributed by atoms with Gasteiger partial charge in [-0.3, -0.25) is 0 Å². The zero-order valence-corrected chi connectivity index (χ0v) is 13.7. The third kappa shape index (κ3) is 2.93. The van der Waals surface area contributed by atoms with E-state index in [0.29, 0.717) is 26.4 Å². The van der Waals surface area contributed by atoms with E-state index in [1.165, 1.54) is 0 Å². The summed E-state index contributed by atoms with van der Waals surface area (Å²) in [7, 11) is 0. The van der Waals surface area contributed by atoms with Crippen LogP contribution in [0.3, 0.4) is 0 Å². The highest BCUT2D eigenvalue weighted by atomic mass is 16.6. The van der Waals surface area contributed by atoms with Crippen LogP contribution in [0.5, 0.6) is 0 Å². The number of amides is 6. The SMILES string of the molecule is O=C1N(CC2CO2)C(=O)[N+](CC2CO2)(CC2CO2)C(=O)N1CC1CO1. The van der Waals surface area contributed by atoms with Crippen molar-refractivity contribution >= 4 is 18.1 Å². The molecule has 5 aliphatic heterocycles. The number of hydrogen-bond acceptors (Lipinski definition) is 7. The molecule has 10 heteroatoms. The van der Waals surface area contributed by atoms with Crippen LogP contribution in [0.1, 0.15) is 0 Å². The standard InChI is InChI=1S/C15H20N3O7/c19-13-16(1-9-5-22-9)14(20)18(3-11-7-24-11,4-12-8-25-12)15(21)17(13)2-10-6-23-10/h9-12H,1-8H2/q+1. The van der Waals surface area contributed by atoms with Gasteiger partial charge in [-0.2, -0.15) is 4.48 Å². The van der Waals surface area contributed by atoms with E-state index in [1.54, 1.807) is 0 Å². The van der Waals surface area contributed by atoms with Crippen molar-refractivity contribution in [3.63, 3.8) is 0 Å². The molecule has 0 aliphatic carbocycles. The Kier molecular flexibility index (Phi) is 3.41. The molecule has 0 bridgehead atoms. The highest BCUT2D eigenvalue weighted by Crippen LogP contribution is 2.32. The summed E-state index contributed by atoms with van der Waals surface area (Å²) in [6.07, 6.45) is -0.566. The van der Waals surface area contributed by atoms with Gasteiger partial charge in [-0.15, -0.1) is 0 Å². The van der Waals surface area contributed by atoms with E-state index in [1.807, 2.05) is 0 Å². The lowest BCUT2D eigenvalue weighted by Gasteiger charge is -2.42. The Morgan fingerprint density at radius 2 is 1.08 bits per heavy atom. The van der Waals surface area contributed by atoms with E-state index in [9.17, 15) is 14.4 Å². The Balaban J connectivity index is 1.48. The number of hydrogen-bond donors (Lipinski definition) is 0. The summed E-state index contributed by atoms with van der Waals surface area (Å²) < 4.78 is 20.5. The monoisotopic (exact) mass is 354 g/mol. The third-order valence-electron chi connectivity index (χ3n) is 5.07. The number of urea groups is 3. The number of ether oxygens (including phenoxy) is 4. The highest BCUT2D eigenvalue weighted by molar-refractivity contribution is 6.06. The number of epoxide rings is 4. The summed E-state index contributed by atoms with van der Waals surface area (Å²) in [5.41, 5.74) is 0. The van der Waals surface area contributed by atoms with E-state index in [2.05, 4.69) is 0 Å². The summed E-state index contributed by atoms with van der Waals surface area (Å²) >= 11 is 0. The van der Waals surface area contributed by atoms with Crippen LogP contribution in [-0.4, -0.2) is 109 Å². The Morgan fingerprint density at radius 3 is 1.40 bits per heavy atom. The predicted octanol–water partition coefficient (Wildman–Crippen LogP) is -0.624. The fourth-order valence-electron chi connectivity index (χ4n) is 3.35. The molecule has 5 heterocycles. The lowest BCUT2D eigenvalue weighted by atomic mass is 10.2. The summed E-state index contributed by atoms with van der Waals surface area (Å²) in [4.78, 5) is 41.6. The zero-order valence-electron chi connectivity index (χ0n) is 13.7. The zero-order chi connectivity index (χ0) is 17.2. The van der Waals surface area contributed by atoms with Crippen LogP contribution in [0.25, 0.3) is 0 Å². The van der Waals surface area contributed by atoms with Gasteiger partial charge in [-0.1, -0.05) is 0 Å².